The number of amides is 1. The average Bonchev–Trinajstić information content (AvgIpc) is 2.69. The molecule has 2 rings (SSSR count). The molecular formula is C23H28N2O5. The number of nitroso groups, excluding NO2 is 1. The number of nitrogens with zero attached hydrogens (tertiary/aromatic N) is 2. The Labute approximate surface area is 176 Å². The topological polar surface area (TPSA) is 96.3 Å². The monoisotopic (exact) mass is 412 g/mol. The molecule has 160 valence electrons. The molecule has 1 N–H and O–H groups in total. The number of benzene rings is 2. The molecule has 7 heteroatoms. The van der Waals surface area contributed by atoms with Crippen molar-refractivity contribution in [3.05, 3.63) is 64.1 Å². The number of ether oxygens (including phenoxy) is 1. The second-order valence-corrected chi connectivity index (χ2v) is 8.05. The van der Waals surface area contributed by atoms with Crippen LogP contribution in [0, 0.1) is 4.91 Å². The molecule has 0 aliphatic carbocycles. The molecule has 0 radical (unpaired) electrons. The van der Waals surface area contributed by atoms with Crippen LogP contribution < -0.4 is 9.64 Å². The number of anilines is 1. The van der Waals surface area contributed by atoms with Gasteiger partial charge in [-0.15, -0.1) is 0 Å². The minimum atomic E-state index is -1.02. The summed E-state index contributed by atoms with van der Waals surface area (Å²) in [5, 5.41) is 12.2. The number of hydrogen-bond acceptors (Lipinski definition) is 5. The molecule has 2 aromatic rings. The number of carboxylic acids is 1. The van der Waals surface area contributed by atoms with Crippen LogP contribution in [0.15, 0.2) is 47.6 Å². The van der Waals surface area contributed by atoms with Crippen LogP contribution in [-0.4, -0.2) is 30.1 Å². The van der Waals surface area contributed by atoms with Crippen molar-refractivity contribution in [1.82, 2.24) is 0 Å². The van der Waals surface area contributed by atoms with Gasteiger partial charge in [-0.25, -0.2) is 4.79 Å². The van der Waals surface area contributed by atoms with Gasteiger partial charge in [0.05, 0.1) is 5.56 Å². The lowest BCUT2D eigenvalue weighted by Crippen LogP contribution is -2.31. The molecule has 1 amide bonds. The smallest absolute Gasteiger partial charge is 0.335 e. The zero-order valence-electron chi connectivity index (χ0n) is 18.0. The van der Waals surface area contributed by atoms with Crippen molar-refractivity contribution in [2.45, 2.75) is 46.1 Å². The summed E-state index contributed by atoms with van der Waals surface area (Å²) in [7, 11) is 0. The second kappa shape index (κ2) is 9.52. The van der Waals surface area contributed by atoms with Gasteiger partial charge >= 0.3 is 5.97 Å². The van der Waals surface area contributed by atoms with Crippen molar-refractivity contribution in [2.75, 3.05) is 18.1 Å². The van der Waals surface area contributed by atoms with E-state index in [2.05, 4.69) is 5.18 Å². The zero-order valence-corrected chi connectivity index (χ0v) is 18.0. The lowest BCUT2D eigenvalue weighted by molar-refractivity contribution is -0.116. The number of carbonyl (C=O) groups excluding carboxylic acids is 1. The molecule has 30 heavy (non-hydrogen) atoms. The van der Waals surface area contributed by atoms with Gasteiger partial charge < -0.3 is 14.7 Å². The minimum Gasteiger partial charge on any atom is -0.491 e. The van der Waals surface area contributed by atoms with Gasteiger partial charge in [0.1, 0.15) is 12.4 Å². The lowest BCUT2D eigenvalue weighted by Gasteiger charge is -2.30. The molecule has 0 aliphatic heterocycles. The molecular weight excluding hydrogens is 384 g/mol. The molecule has 0 fully saturated rings. The number of carboxylic acid groups (broad SMARTS) is 1. The summed E-state index contributed by atoms with van der Waals surface area (Å²) in [4.78, 5) is 36.2. The van der Waals surface area contributed by atoms with Crippen molar-refractivity contribution in [3.8, 4) is 5.75 Å². The van der Waals surface area contributed by atoms with E-state index in [1.807, 2.05) is 39.8 Å². The molecule has 0 saturated heterocycles. The standard InChI is InChI=1S/C23H28N2O5/c1-6-25(15(2)26)21-12-9-17(13-19(21)23(3,4)5)20(24-29)14-30-18-10-7-16(8-11-18)22(27)28/h7-13,20H,6,14H2,1-5H3,(H,27,28). The molecule has 2 aromatic carbocycles. The number of aromatic carboxylic acids is 1. The fraction of sp³-hybridized carbons (Fsp3) is 0.391. The maximum atomic E-state index is 12.1. The molecule has 0 bridgehead atoms. The first-order chi connectivity index (χ1) is 14.1. The van der Waals surface area contributed by atoms with Crippen LogP contribution in [0.5, 0.6) is 5.75 Å². The highest BCUT2D eigenvalue weighted by Crippen LogP contribution is 2.35. The first-order valence-corrected chi connectivity index (χ1v) is 9.79. The first-order valence-electron chi connectivity index (χ1n) is 9.79. The molecule has 0 aliphatic rings. The molecule has 0 aromatic heterocycles. The molecule has 7 nitrogen and oxygen atoms in total. The van der Waals surface area contributed by atoms with Crippen LogP contribution in [0.3, 0.4) is 0 Å². The average molecular weight is 412 g/mol. The highest BCUT2D eigenvalue weighted by Gasteiger charge is 2.25. The van der Waals surface area contributed by atoms with Crippen molar-refractivity contribution in [2.24, 2.45) is 5.18 Å². The Hall–Kier alpha value is -3.22. The third kappa shape index (κ3) is 5.43. The van der Waals surface area contributed by atoms with Gasteiger partial charge in [0.15, 0.2) is 6.04 Å². The van der Waals surface area contributed by atoms with E-state index in [-0.39, 0.29) is 23.5 Å². The van der Waals surface area contributed by atoms with E-state index >= 15 is 0 Å². The number of carbonyl (C=O) groups is 2. The quantitative estimate of drug-likeness (QED) is 0.619. The summed E-state index contributed by atoms with van der Waals surface area (Å²) in [5.74, 6) is -0.612. The molecule has 0 spiro atoms. The van der Waals surface area contributed by atoms with Crippen LogP contribution in [0.4, 0.5) is 5.69 Å². The van der Waals surface area contributed by atoms with Crippen molar-refractivity contribution in [3.63, 3.8) is 0 Å². The Balaban J connectivity index is 2.30. The Morgan fingerprint density at radius 1 is 1.13 bits per heavy atom. The van der Waals surface area contributed by atoms with Gasteiger partial charge in [-0.1, -0.05) is 38.1 Å². The third-order valence-corrected chi connectivity index (χ3v) is 4.84. The van der Waals surface area contributed by atoms with Crippen LogP contribution in [0.25, 0.3) is 0 Å². The number of rotatable bonds is 8. The fourth-order valence-electron chi connectivity index (χ4n) is 3.22. The maximum Gasteiger partial charge on any atom is 0.335 e. The lowest BCUT2D eigenvalue weighted by atomic mass is 9.83. The predicted molar refractivity (Wildman–Crippen MR) is 116 cm³/mol. The largest absolute Gasteiger partial charge is 0.491 e. The van der Waals surface area contributed by atoms with E-state index in [4.69, 9.17) is 9.84 Å². The van der Waals surface area contributed by atoms with E-state index in [0.29, 0.717) is 17.9 Å². The molecule has 0 saturated carbocycles. The summed E-state index contributed by atoms with van der Waals surface area (Å²) in [5.41, 5.74) is 2.35. The van der Waals surface area contributed by atoms with E-state index in [0.717, 1.165) is 11.3 Å². The van der Waals surface area contributed by atoms with Crippen molar-refractivity contribution < 1.29 is 19.4 Å². The highest BCUT2D eigenvalue weighted by atomic mass is 16.5. The Morgan fingerprint density at radius 2 is 1.77 bits per heavy atom. The van der Waals surface area contributed by atoms with Crippen LogP contribution in [0.1, 0.15) is 62.1 Å². The SMILES string of the molecule is CCN(C(C)=O)c1ccc(C(COc2ccc(C(=O)O)cc2)N=O)cc1C(C)(C)C. The summed E-state index contributed by atoms with van der Waals surface area (Å²) >= 11 is 0. The maximum absolute atomic E-state index is 12.1. The Bertz CT molecular complexity index is 916. The highest BCUT2D eigenvalue weighted by molar-refractivity contribution is 5.92. The summed E-state index contributed by atoms with van der Waals surface area (Å²) < 4.78 is 5.66. The Kier molecular flexibility index (Phi) is 7.32. The van der Waals surface area contributed by atoms with Crippen LogP contribution >= 0.6 is 0 Å². The molecule has 0 heterocycles. The first kappa shape index (κ1) is 23.1. The second-order valence-electron chi connectivity index (χ2n) is 8.05. The van der Waals surface area contributed by atoms with E-state index in [1.165, 1.54) is 19.1 Å². The van der Waals surface area contributed by atoms with Gasteiger partial charge in [-0.05, 0) is 53.8 Å². The van der Waals surface area contributed by atoms with Gasteiger partial charge in [-0.2, -0.15) is 4.91 Å². The van der Waals surface area contributed by atoms with E-state index < -0.39 is 12.0 Å². The minimum absolute atomic E-state index is 0.0169. The molecule has 1 atom stereocenters. The predicted octanol–water partition coefficient (Wildman–Crippen LogP) is 4.94. The van der Waals surface area contributed by atoms with E-state index in [1.54, 1.807) is 23.1 Å². The Morgan fingerprint density at radius 3 is 2.23 bits per heavy atom. The summed E-state index contributed by atoms with van der Waals surface area (Å²) in [6, 6.07) is 10.8. The van der Waals surface area contributed by atoms with Crippen molar-refractivity contribution in [1.29, 1.82) is 0 Å². The third-order valence-electron chi connectivity index (χ3n) is 4.84. The van der Waals surface area contributed by atoms with E-state index in [9.17, 15) is 14.5 Å². The summed E-state index contributed by atoms with van der Waals surface area (Å²) in [6.07, 6.45) is 0. The number of hydrogen-bond donors (Lipinski definition) is 1. The van der Waals surface area contributed by atoms with Crippen molar-refractivity contribution >= 4 is 17.6 Å². The van der Waals surface area contributed by atoms with Gasteiger partial charge in [0, 0.05) is 19.2 Å². The van der Waals surface area contributed by atoms with Gasteiger partial charge in [0.2, 0.25) is 5.91 Å². The van der Waals surface area contributed by atoms with Crippen LogP contribution in [0.2, 0.25) is 0 Å². The van der Waals surface area contributed by atoms with Crippen LogP contribution in [-0.2, 0) is 10.2 Å². The van der Waals surface area contributed by atoms with Gasteiger partial charge in [-0.3, -0.25) is 4.79 Å². The zero-order chi connectivity index (χ0) is 22.5. The molecule has 1 unspecified atom stereocenters. The van der Waals surface area contributed by atoms with Gasteiger partial charge in [0.25, 0.3) is 0 Å². The normalized spacial score (nSPS) is 12.2. The summed E-state index contributed by atoms with van der Waals surface area (Å²) in [6.45, 7) is 10.2. The fourth-order valence-corrected chi connectivity index (χ4v) is 3.22.